The molecule has 2 atom stereocenters. The molecule has 0 spiro atoms. The van der Waals surface area contributed by atoms with Gasteiger partial charge in [0.2, 0.25) is 0 Å². The first-order chi connectivity index (χ1) is 13.1. The molecule has 0 aliphatic heterocycles. The summed E-state index contributed by atoms with van der Waals surface area (Å²) >= 11 is 0. The number of hydrogen-bond donors (Lipinski definition) is 2. The van der Waals surface area contributed by atoms with Gasteiger partial charge in [-0.05, 0) is 39.6 Å². The van der Waals surface area contributed by atoms with Crippen LogP contribution >= 0.6 is 0 Å². The minimum absolute atomic E-state index is 0.128. The van der Waals surface area contributed by atoms with Gasteiger partial charge < -0.3 is 20.3 Å². The molecule has 0 amide bonds. The summed E-state index contributed by atoms with van der Waals surface area (Å²) in [5.74, 6) is 1.71. The van der Waals surface area contributed by atoms with Gasteiger partial charge in [0.15, 0.2) is 5.96 Å². The number of rotatable bonds is 8. The third-order valence-corrected chi connectivity index (χ3v) is 4.54. The fourth-order valence-corrected chi connectivity index (χ4v) is 3.01. The van der Waals surface area contributed by atoms with Crippen molar-refractivity contribution in [2.45, 2.75) is 25.9 Å². The van der Waals surface area contributed by atoms with E-state index in [1.165, 1.54) is 5.56 Å². The van der Waals surface area contributed by atoms with Gasteiger partial charge in [-0.3, -0.25) is 4.99 Å². The highest BCUT2D eigenvalue weighted by atomic mass is 16.5. The topological polar surface area (TPSA) is 48.9 Å². The second kappa shape index (κ2) is 10.6. The maximum Gasteiger partial charge on any atom is 0.191 e. The Bertz CT molecular complexity index is 715. The van der Waals surface area contributed by atoms with Gasteiger partial charge in [0.05, 0.1) is 25.7 Å². The van der Waals surface area contributed by atoms with E-state index in [2.05, 4.69) is 73.8 Å². The first kappa shape index (κ1) is 20.8. The van der Waals surface area contributed by atoms with Crippen molar-refractivity contribution in [1.29, 1.82) is 0 Å². The molecule has 27 heavy (non-hydrogen) atoms. The summed E-state index contributed by atoms with van der Waals surface area (Å²) in [5, 5.41) is 6.84. The monoisotopic (exact) mass is 368 g/mol. The molecule has 5 nitrogen and oxygen atoms in total. The molecule has 2 rings (SSSR count). The van der Waals surface area contributed by atoms with Crippen LogP contribution in [0.15, 0.2) is 59.6 Å². The number of benzene rings is 2. The van der Waals surface area contributed by atoms with Gasteiger partial charge in [-0.2, -0.15) is 0 Å². The van der Waals surface area contributed by atoms with Crippen LogP contribution in [0.3, 0.4) is 0 Å². The van der Waals surface area contributed by atoms with Gasteiger partial charge >= 0.3 is 0 Å². The van der Waals surface area contributed by atoms with Crippen LogP contribution in [0.2, 0.25) is 0 Å². The third kappa shape index (κ3) is 6.00. The molecule has 0 bridgehead atoms. The lowest BCUT2D eigenvalue weighted by Gasteiger charge is -2.25. The van der Waals surface area contributed by atoms with Crippen molar-refractivity contribution in [2.24, 2.45) is 4.99 Å². The highest BCUT2D eigenvalue weighted by Gasteiger charge is 2.18. The summed E-state index contributed by atoms with van der Waals surface area (Å²) in [6.45, 7) is 5.67. The Morgan fingerprint density at radius 2 is 1.74 bits per heavy atom. The van der Waals surface area contributed by atoms with Crippen LogP contribution in [0.5, 0.6) is 5.75 Å². The zero-order valence-corrected chi connectivity index (χ0v) is 17.1. The predicted octanol–water partition coefficient (Wildman–Crippen LogP) is 3.61. The molecule has 2 unspecified atom stereocenters. The molecule has 0 saturated carbocycles. The normalized spacial score (nSPS) is 13.9. The van der Waals surface area contributed by atoms with Crippen molar-refractivity contribution in [1.82, 2.24) is 15.5 Å². The minimum atomic E-state index is 0.128. The van der Waals surface area contributed by atoms with Crippen LogP contribution in [-0.4, -0.2) is 45.2 Å². The van der Waals surface area contributed by atoms with Gasteiger partial charge in [-0.15, -0.1) is 0 Å². The maximum atomic E-state index is 5.55. The predicted molar refractivity (Wildman–Crippen MR) is 113 cm³/mol. The largest absolute Gasteiger partial charge is 0.496 e. The molecule has 0 radical (unpaired) electrons. The molecule has 2 aromatic carbocycles. The Hall–Kier alpha value is -2.53. The molecule has 0 aliphatic carbocycles. The number of nitrogens with zero attached hydrogens (tertiary/aromatic N) is 2. The molecule has 5 heteroatoms. The number of aliphatic imine (C=N–C) groups is 1. The number of likely N-dealkylation sites (N-methyl/N-ethyl adjacent to an activating group) is 1. The smallest absolute Gasteiger partial charge is 0.191 e. The molecule has 0 heterocycles. The molecule has 0 aromatic heterocycles. The molecule has 0 fully saturated rings. The number of nitrogens with one attached hydrogen (secondary N) is 2. The van der Waals surface area contributed by atoms with E-state index in [0.717, 1.165) is 23.8 Å². The average Bonchev–Trinajstić information content (AvgIpc) is 2.69. The van der Waals surface area contributed by atoms with Crippen LogP contribution in [0, 0.1) is 0 Å². The lowest BCUT2D eigenvalue weighted by atomic mass is 10.0. The van der Waals surface area contributed by atoms with E-state index in [1.54, 1.807) is 7.11 Å². The highest BCUT2D eigenvalue weighted by molar-refractivity contribution is 5.80. The quantitative estimate of drug-likeness (QED) is 0.552. The lowest BCUT2D eigenvalue weighted by Crippen LogP contribution is -2.39. The van der Waals surface area contributed by atoms with Crippen molar-refractivity contribution in [3.8, 4) is 5.75 Å². The Morgan fingerprint density at radius 3 is 2.37 bits per heavy atom. The van der Waals surface area contributed by atoms with Gasteiger partial charge in [-0.25, -0.2) is 0 Å². The number of para-hydroxylation sites is 1. The standard InChI is InChI=1S/C22H32N4O/c1-6-23-22(25-17(2)18-12-8-7-9-13-18)24-16-20(26(3)4)19-14-10-11-15-21(19)27-5/h7-15,17,20H,6,16H2,1-5H3,(H2,23,24,25). The molecule has 2 N–H and O–H groups in total. The number of methoxy groups -OCH3 is 1. The summed E-state index contributed by atoms with van der Waals surface area (Å²) in [6.07, 6.45) is 0. The highest BCUT2D eigenvalue weighted by Crippen LogP contribution is 2.28. The lowest BCUT2D eigenvalue weighted by molar-refractivity contribution is 0.295. The summed E-state index contributed by atoms with van der Waals surface area (Å²) < 4.78 is 5.55. The summed E-state index contributed by atoms with van der Waals surface area (Å²) in [6, 6.07) is 18.8. The molecule has 0 aliphatic rings. The van der Waals surface area contributed by atoms with Gasteiger partial charge in [0.25, 0.3) is 0 Å². The first-order valence-corrected chi connectivity index (χ1v) is 9.46. The summed E-state index contributed by atoms with van der Waals surface area (Å²) in [5.41, 5.74) is 2.37. The molecule has 146 valence electrons. The molecular formula is C22H32N4O. The summed E-state index contributed by atoms with van der Waals surface area (Å²) in [4.78, 5) is 7.02. The van der Waals surface area contributed by atoms with E-state index < -0.39 is 0 Å². The molecular weight excluding hydrogens is 336 g/mol. The zero-order chi connectivity index (χ0) is 19.6. The Kier molecular flexibility index (Phi) is 8.14. The van der Waals surface area contributed by atoms with E-state index in [-0.39, 0.29) is 12.1 Å². The van der Waals surface area contributed by atoms with E-state index in [9.17, 15) is 0 Å². The van der Waals surface area contributed by atoms with Crippen LogP contribution in [-0.2, 0) is 0 Å². The minimum Gasteiger partial charge on any atom is -0.496 e. The van der Waals surface area contributed by atoms with E-state index >= 15 is 0 Å². The second-order valence-corrected chi connectivity index (χ2v) is 6.72. The van der Waals surface area contributed by atoms with E-state index in [1.807, 2.05) is 24.3 Å². The van der Waals surface area contributed by atoms with Gasteiger partial charge in [-0.1, -0.05) is 48.5 Å². The fraction of sp³-hybridized carbons (Fsp3) is 0.409. The van der Waals surface area contributed by atoms with Crippen molar-refractivity contribution < 1.29 is 4.74 Å². The van der Waals surface area contributed by atoms with E-state index in [4.69, 9.17) is 9.73 Å². The van der Waals surface area contributed by atoms with Crippen LogP contribution in [0.25, 0.3) is 0 Å². The van der Waals surface area contributed by atoms with Crippen LogP contribution < -0.4 is 15.4 Å². The van der Waals surface area contributed by atoms with E-state index in [0.29, 0.717) is 6.54 Å². The van der Waals surface area contributed by atoms with Gasteiger partial charge in [0, 0.05) is 12.1 Å². The average molecular weight is 369 g/mol. The first-order valence-electron chi connectivity index (χ1n) is 9.46. The Labute approximate surface area is 163 Å². The zero-order valence-electron chi connectivity index (χ0n) is 17.1. The molecule has 2 aromatic rings. The van der Waals surface area contributed by atoms with Crippen molar-refractivity contribution >= 4 is 5.96 Å². The van der Waals surface area contributed by atoms with Crippen LogP contribution in [0.4, 0.5) is 0 Å². The Balaban J connectivity index is 2.17. The number of ether oxygens (including phenoxy) is 1. The van der Waals surface area contributed by atoms with Gasteiger partial charge in [0.1, 0.15) is 5.75 Å². The van der Waals surface area contributed by atoms with Crippen molar-refractivity contribution in [2.75, 3.05) is 34.3 Å². The maximum absolute atomic E-state index is 5.55. The number of hydrogen-bond acceptors (Lipinski definition) is 3. The Morgan fingerprint density at radius 1 is 1.07 bits per heavy atom. The van der Waals surface area contributed by atoms with Crippen molar-refractivity contribution in [3.63, 3.8) is 0 Å². The SMILES string of the molecule is CCNC(=NCC(c1ccccc1OC)N(C)C)NC(C)c1ccccc1. The van der Waals surface area contributed by atoms with Crippen LogP contribution in [0.1, 0.15) is 37.1 Å². The second-order valence-electron chi connectivity index (χ2n) is 6.72. The van der Waals surface area contributed by atoms with Crippen molar-refractivity contribution in [3.05, 3.63) is 65.7 Å². The summed E-state index contributed by atoms with van der Waals surface area (Å²) in [7, 11) is 5.85. The number of guanidine groups is 1. The molecule has 0 saturated heterocycles. The third-order valence-electron chi connectivity index (χ3n) is 4.54. The fourth-order valence-electron chi connectivity index (χ4n) is 3.01.